The Hall–Kier alpha value is -3.02. The predicted octanol–water partition coefficient (Wildman–Crippen LogP) is 3.93. The Kier molecular flexibility index (Phi) is 3.42. The number of aromatic nitrogens is 2. The first-order valence-corrected chi connectivity index (χ1v) is 6.71. The third-order valence-electron chi connectivity index (χ3n) is 3.46. The van der Waals surface area contributed by atoms with Crippen molar-refractivity contribution in [1.29, 1.82) is 0 Å². The number of rotatable bonds is 3. The van der Waals surface area contributed by atoms with Crippen LogP contribution in [0.3, 0.4) is 0 Å². The molecule has 110 valence electrons. The lowest BCUT2D eigenvalue weighted by Gasteiger charge is -2.01. The minimum absolute atomic E-state index is 0.0348. The van der Waals surface area contributed by atoms with Crippen molar-refractivity contribution >= 4 is 5.69 Å². The Morgan fingerprint density at radius 3 is 2.36 bits per heavy atom. The first-order valence-electron chi connectivity index (χ1n) is 6.71. The minimum Gasteiger partial charge on any atom is -0.416 e. The molecule has 0 bridgehead atoms. The Labute approximate surface area is 126 Å². The van der Waals surface area contributed by atoms with Crippen LogP contribution in [0.4, 0.5) is 5.69 Å². The number of benzene rings is 2. The number of nitrogens with zero attached hydrogens (tertiary/aromatic N) is 3. The van der Waals surface area contributed by atoms with Gasteiger partial charge in [0.15, 0.2) is 0 Å². The molecule has 0 fully saturated rings. The van der Waals surface area contributed by atoms with Crippen LogP contribution >= 0.6 is 0 Å². The van der Waals surface area contributed by atoms with E-state index in [-0.39, 0.29) is 11.6 Å². The molecular weight excluding hydrogens is 282 g/mol. The van der Waals surface area contributed by atoms with Crippen LogP contribution < -0.4 is 0 Å². The average molecular weight is 295 g/mol. The van der Waals surface area contributed by atoms with Gasteiger partial charge in [0, 0.05) is 22.8 Å². The van der Waals surface area contributed by atoms with Gasteiger partial charge in [-0.2, -0.15) is 0 Å². The maximum atomic E-state index is 11.0. The van der Waals surface area contributed by atoms with E-state index in [0.29, 0.717) is 17.0 Å². The van der Waals surface area contributed by atoms with Crippen molar-refractivity contribution < 1.29 is 9.34 Å². The second-order valence-corrected chi connectivity index (χ2v) is 4.99. The quantitative estimate of drug-likeness (QED) is 0.540. The van der Waals surface area contributed by atoms with Gasteiger partial charge in [-0.05, 0) is 32.0 Å². The fourth-order valence-electron chi connectivity index (χ4n) is 2.20. The van der Waals surface area contributed by atoms with Gasteiger partial charge in [0.25, 0.3) is 5.69 Å². The fraction of sp³-hybridized carbons (Fsp3) is 0.125. The molecule has 0 radical (unpaired) electrons. The highest BCUT2D eigenvalue weighted by Gasteiger charge is 2.18. The maximum absolute atomic E-state index is 11.0. The molecule has 3 aromatic rings. The third kappa shape index (κ3) is 2.46. The van der Waals surface area contributed by atoms with Crippen LogP contribution in [0.15, 0.2) is 46.9 Å². The number of hydrogen-bond acceptors (Lipinski definition) is 5. The highest BCUT2D eigenvalue weighted by Crippen LogP contribution is 2.30. The van der Waals surface area contributed by atoms with Gasteiger partial charge in [-0.25, -0.2) is 0 Å². The average Bonchev–Trinajstić information content (AvgIpc) is 2.97. The number of hydrogen-bond donors (Lipinski definition) is 0. The zero-order valence-electron chi connectivity index (χ0n) is 12.1. The monoisotopic (exact) mass is 295 g/mol. The molecule has 22 heavy (non-hydrogen) atoms. The van der Waals surface area contributed by atoms with Crippen molar-refractivity contribution in [3.05, 3.63) is 63.7 Å². The van der Waals surface area contributed by atoms with E-state index in [2.05, 4.69) is 10.2 Å². The van der Waals surface area contributed by atoms with Crippen LogP contribution in [0.2, 0.25) is 0 Å². The number of nitro groups is 1. The Bertz CT molecular complexity index is 838. The van der Waals surface area contributed by atoms with Crippen molar-refractivity contribution in [3.63, 3.8) is 0 Å². The van der Waals surface area contributed by atoms with E-state index in [1.165, 1.54) is 6.07 Å². The summed E-state index contributed by atoms with van der Waals surface area (Å²) in [5.41, 5.74) is 3.06. The summed E-state index contributed by atoms with van der Waals surface area (Å²) in [6.07, 6.45) is 0. The molecule has 2 aromatic carbocycles. The number of aryl methyl sites for hydroxylation is 1. The van der Waals surface area contributed by atoms with Gasteiger partial charge >= 0.3 is 0 Å². The molecule has 0 saturated carbocycles. The van der Waals surface area contributed by atoms with E-state index in [9.17, 15) is 10.1 Å². The van der Waals surface area contributed by atoms with Gasteiger partial charge in [0.2, 0.25) is 11.8 Å². The molecule has 0 aliphatic heterocycles. The molecular formula is C16H13N3O3. The van der Waals surface area contributed by atoms with Gasteiger partial charge in [0.1, 0.15) is 0 Å². The molecule has 0 atom stereocenters. The van der Waals surface area contributed by atoms with Crippen molar-refractivity contribution in [3.8, 4) is 22.9 Å². The van der Waals surface area contributed by atoms with Gasteiger partial charge in [0.05, 0.1) is 4.92 Å². The Morgan fingerprint density at radius 1 is 1.00 bits per heavy atom. The molecule has 0 N–H and O–H groups in total. The van der Waals surface area contributed by atoms with Crippen molar-refractivity contribution in [1.82, 2.24) is 10.2 Å². The normalized spacial score (nSPS) is 10.6. The van der Waals surface area contributed by atoms with Crippen molar-refractivity contribution in [2.24, 2.45) is 0 Å². The molecule has 0 amide bonds. The van der Waals surface area contributed by atoms with Crippen LogP contribution in [0, 0.1) is 24.0 Å². The summed E-state index contributed by atoms with van der Waals surface area (Å²) in [5, 5.41) is 19.0. The molecule has 3 rings (SSSR count). The van der Waals surface area contributed by atoms with E-state index in [4.69, 9.17) is 4.42 Å². The van der Waals surface area contributed by atoms with Gasteiger partial charge < -0.3 is 4.42 Å². The van der Waals surface area contributed by atoms with Crippen molar-refractivity contribution in [2.75, 3.05) is 0 Å². The molecule has 1 aromatic heterocycles. The molecule has 0 spiro atoms. The summed E-state index contributed by atoms with van der Waals surface area (Å²) in [5.74, 6) is 0.665. The summed E-state index contributed by atoms with van der Waals surface area (Å²) >= 11 is 0. The van der Waals surface area contributed by atoms with Crippen LogP contribution in [-0.2, 0) is 0 Å². The highest BCUT2D eigenvalue weighted by molar-refractivity contribution is 5.65. The Morgan fingerprint density at radius 2 is 1.68 bits per heavy atom. The third-order valence-corrected chi connectivity index (χ3v) is 3.46. The van der Waals surface area contributed by atoms with Crippen LogP contribution in [0.5, 0.6) is 0 Å². The van der Waals surface area contributed by atoms with Crippen molar-refractivity contribution in [2.45, 2.75) is 13.8 Å². The number of nitro benzene ring substituents is 1. The molecule has 0 saturated heterocycles. The smallest absolute Gasteiger partial charge is 0.273 e. The first kappa shape index (κ1) is 13.9. The standard InChI is InChI=1S/C16H13N3O3/c1-10-6-8-12(9-7-10)15-17-18-16(22-15)13-4-3-5-14(11(13)2)19(20)21/h3-9H,1-2H3. The molecule has 6 heteroatoms. The summed E-state index contributed by atoms with van der Waals surface area (Å²) in [4.78, 5) is 10.6. The highest BCUT2D eigenvalue weighted by atomic mass is 16.6. The summed E-state index contributed by atoms with van der Waals surface area (Å²) in [7, 11) is 0. The summed E-state index contributed by atoms with van der Waals surface area (Å²) in [6.45, 7) is 3.67. The largest absolute Gasteiger partial charge is 0.416 e. The Balaban J connectivity index is 2.03. The maximum Gasteiger partial charge on any atom is 0.273 e. The minimum atomic E-state index is -0.421. The molecule has 0 aliphatic carbocycles. The van der Waals surface area contributed by atoms with E-state index >= 15 is 0 Å². The zero-order valence-corrected chi connectivity index (χ0v) is 12.1. The van der Waals surface area contributed by atoms with E-state index in [1.54, 1.807) is 19.1 Å². The van der Waals surface area contributed by atoms with Gasteiger partial charge in [-0.3, -0.25) is 10.1 Å². The van der Waals surface area contributed by atoms with Gasteiger partial charge in [-0.1, -0.05) is 23.8 Å². The fourth-order valence-corrected chi connectivity index (χ4v) is 2.20. The predicted molar refractivity (Wildman–Crippen MR) is 81.3 cm³/mol. The summed E-state index contributed by atoms with van der Waals surface area (Å²) < 4.78 is 5.67. The van der Waals surface area contributed by atoms with Crippen LogP contribution in [0.25, 0.3) is 22.9 Å². The van der Waals surface area contributed by atoms with Crippen LogP contribution in [0.1, 0.15) is 11.1 Å². The zero-order chi connectivity index (χ0) is 15.7. The van der Waals surface area contributed by atoms with Gasteiger partial charge in [-0.15, -0.1) is 10.2 Å². The molecule has 1 heterocycles. The lowest BCUT2D eigenvalue weighted by molar-refractivity contribution is -0.385. The molecule has 0 aliphatic rings. The van der Waals surface area contributed by atoms with E-state index in [1.807, 2.05) is 31.2 Å². The SMILES string of the molecule is Cc1ccc(-c2nnc(-c3cccc([N+](=O)[O-])c3C)o2)cc1. The van der Waals surface area contributed by atoms with E-state index < -0.39 is 4.92 Å². The molecule has 0 unspecified atom stereocenters. The molecule has 6 nitrogen and oxygen atoms in total. The first-order chi connectivity index (χ1) is 10.6. The van der Waals surface area contributed by atoms with Crippen LogP contribution in [-0.4, -0.2) is 15.1 Å². The summed E-state index contributed by atoms with van der Waals surface area (Å²) in [6, 6.07) is 12.5. The second-order valence-electron chi connectivity index (χ2n) is 4.99. The lowest BCUT2D eigenvalue weighted by atomic mass is 10.1. The topological polar surface area (TPSA) is 82.1 Å². The van der Waals surface area contributed by atoms with E-state index in [0.717, 1.165) is 11.1 Å². The second kappa shape index (κ2) is 5.40. The lowest BCUT2D eigenvalue weighted by Crippen LogP contribution is -1.93.